The molecule has 0 bridgehead atoms. The van der Waals surface area contributed by atoms with Crippen LogP contribution in [0.3, 0.4) is 0 Å². The summed E-state index contributed by atoms with van der Waals surface area (Å²) in [5, 5.41) is 2.90. The van der Waals surface area contributed by atoms with E-state index in [0.717, 1.165) is 12.8 Å². The van der Waals surface area contributed by atoms with E-state index in [2.05, 4.69) is 26.1 Å². The summed E-state index contributed by atoms with van der Waals surface area (Å²) in [4.78, 5) is 12.0. The Morgan fingerprint density at radius 1 is 1.25 bits per heavy atom. The zero-order chi connectivity index (χ0) is 14.6. The van der Waals surface area contributed by atoms with Crippen LogP contribution in [0.5, 0.6) is 11.5 Å². The van der Waals surface area contributed by atoms with Gasteiger partial charge in [-0.1, -0.05) is 27.2 Å². The summed E-state index contributed by atoms with van der Waals surface area (Å²) in [6.07, 6.45) is 2.06. The zero-order valence-corrected chi connectivity index (χ0v) is 12.5. The molecule has 2 rings (SSSR count). The summed E-state index contributed by atoms with van der Waals surface area (Å²) in [5.41, 5.74) is 0.589. The SMILES string of the molecule is CCCCNC(=O)c1ccc2c(c1)OCC(C)(C)CO2. The molecule has 0 saturated heterocycles. The molecule has 4 heteroatoms. The van der Waals surface area contributed by atoms with Crippen molar-refractivity contribution in [3.8, 4) is 11.5 Å². The van der Waals surface area contributed by atoms with E-state index < -0.39 is 0 Å². The zero-order valence-electron chi connectivity index (χ0n) is 12.5. The lowest BCUT2D eigenvalue weighted by atomic mass is 9.97. The van der Waals surface area contributed by atoms with Gasteiger partial charge in [-0.3, -0.25) is 4.79 Å². The van der Waals surface area contributed by atoms with Gasteiger partial charge in [-0.25, -0.2) is 0 Å². The number of ether oxygens (including phenoxy) is 2. The fraction of sp³-hybridized carbons (Fsp3) is 0.562. The summed E-state index contributed by atoms with van der Waals surface area (Å²) in [5.74, 6) is 1.30. The standard InChI is InChI=1S/C16H23NO3/c1-4-5-8-17-15(18)12-6-7-13-14(9-12)20-11-16(2,3)10-19-13/h6-7,9H,4-5,8,10-11H2,1-3H3,(H,17,18). The van der Waals surface area contributed by atoms with Gasteiger partial charge < -0.3 is 14.8 Å². The van der Waals surface area contributed by atoms with Gasteiger partial charge in [0.1, 0.15) is 0 Å². The van der Waals surface area contributed by atoms with E-state index in [0.29, 0.717) is 36.8 Å². The minimum absolute atomic E-state index is 0.0252. The van der Waals surface area contributed by atoms with Crippen LogP contribution >= 0.6 is 0 Å². The second-order valence-corrected chi connectivity index (χ2v) is 6.01. The molecule has 1 heterocycles. The van der Waals surface area contributed by atoms with Crippen LogP contribution in [0.25, 0.3) is 0 Å². The Morgan fingerprint density at radius 3 is 2.65 bits per heavy atom. The van der Waals surface area contributed by atoms with Crippen molar-refractivity contribution in [2.75, 3.05) is 19.8 Å². The van der Waals surface area contributed by atoms with Crippen LogP contribution in [0.15, 0.2) is 18.2 Å². The fourth-order valence-corrected chi connectivity index (χ4v) is 1.95. The largest absolute Gasteiger partial charge is 0.489 e. The lowest BCUT2D eigenvalue weighted by Crippen LogP contribution is -2.26. The first kappa shape index (κ1) is 14.7. The monoisotopic (exact) mass is 277 g/mol. The summed E-state index contributed by atoms with van der Waals surface area (Å²) >= 11 is 0. The van der Waals surface area contributed by atoms with Gasteiger partial charge in [0.25, 0.3) is 5.91 Å². The van der Waals surface area contributed by atoms with Crippen molar-refractivity contribution in [3.05, 3.63) is 23.8 Å². The lowest BCUT2D eigenvalue weighted by Gasteiger charge is -2.19. The molecule has 20 heavy (non-hydrogen) atoms. The molecule has 1 aliphatic rings. The van der Waals surface area contributed by atoms with Gasteiger partial charge in [-0.2, -0.15) is 0 Å². The minimum atomic E-state index is -0.0617. The highest BCUT2D eigenvalue weighted by Gasteiger charge is 2.25. The number of amides is 1. The van der Waals surface area contributed by atoms with Crippen molar-refractivity contribution < 1.29 is 14.3 Å². The number of unbranched alkanes of at least 4 members (excludes halogenated alkanes) is 1. The molecular weight excluding hydrogens is 254 g/mol. The molecule has 1 aromatic carbocycles. The second kappa shape index (κ2) is 6.16. The summed E-state index contributed by atoms with van der Waals surface area (Å²) < 4.78 is 11.5. The minimum Gasteiger partial charge on any atom is -0.489 e. The maximum absolute atomic E-state index is 12.0. The predicted molar refractivity (Wildman–Crippen MR) is 78.5 cm³/mol. The van der Waals surface area contributed by atoms with Gasteiger partial charge >= 0.3 is 0 Å². The molecule has 1 amide bonds. The summed E-state index contributed by atoms with van der Waals surface area (Å²) in [6.45, 7) is 8.19. The Labute approximate surface area is 120 Å². The van der Waals surface area contributed by atoms with Crippen molar-refractivity contribution >= 4 is 5.91 Å². The topological polar surface area (TPSA) is 47.6 Å². The molecule has 1 aromatic rings. The first-order chi connectivity index (χ1) is 9.52. The molecule has 110 valence electrons. The van der Waals surface area contributed by atoms with E-state index in [1.165, 1.54) is 0 Å². The van der Waals surface area contributed by atoms with Crippen molar-refractivity contribution in [1.82, 2.24) is 5.32 Å². The van der Waals surface area contributed by atoms with E-state index in [-0.39, 0.29) is 11.3 Å². The predicted octanol–water partition coefficient (Wildman–Crippen LogP) is 3.01. The van der Waals surface area contributed by atoms with Crippen LogP contribution in [-0.4, -0.2) is 25.7 Å². The molecule has 0 unspecified atom stereocenters. The van der Waals surface area contributed by atoms with Crippen LogP contribution < -0.4 is 14.8 Å². The third kappa shape index (κ3) is 3.65. The first-order valence-corrected chi connectivity index (χ1v) is 7.20. The van der Waals surface area contributed by atoms with Crippen molar-refractivity contribution in [1.29, 1.82) is 0 Å². The molecule has 0 atom stereocenters. The second-order valence-electron chi connectivity index (χ2n) is 6.01. The Bertz CT molecular complexity index is 483. The Kier molecular flexibility index (Phi) is 4.53. The Hall–Kier alpha value is -1.71. The van der Waals surface area contributed by atoms with Crippen molar-refractivity contribution in [2.45, 2.75) is 33.6 Å². The van der Waals surface area contributed by atoms with E-state index >= 15 is 0 Å². The quantitative estimate of drug-likeness (QED) is 0.861. The highest BCUT2D eigenvalue weighted by Crippen LogP contribution is 2.34. The van der Waals surface area contributed by atoms with Crippen molar-refractivity contribution in [2.24, 2.45) is 5.41 Å². The highest BCUT2D eigenvalue weighted by atomic mass is 16.5. The molecule has 4 nitrogen and oxygen atoms in total. The summed E-state index contributed by atoms with van der Waals surface area (Å²) in [6, 6.07) is 5.35. The van der Waals surface area contributed by atoms with Crippen LogP contribution in [0.4, 0.5) is 0 Å². The maximum Gasteiger partial charge on any atom is 0.251 e. The molecule has 0 spiro atoms. The van der Waals surface area contributed by atoms with Crippen molar-refractivity contribution in [3.63, 3.8) is 0 Å². The number of benzene rings is 1. The number of nitrogens with one attached hydrogen (secondary N) is 1. The van der Waals surface area contributed by atoms with Gasteiger partial charge in [-0.15, -0.1) is 0 Å². The van der Waals surface area contributed by atoms with Crippen LogP contribution in [-0.2, 0) is 0 Å². The van der Waals surface area contributed by atoms with Gasteiger partial charge in [0.15, 0.2) is 11.5 Å². The number of fused-ring (bicyclic) bond motifs is 1. The van der Waals surface area contributed by atoms with Gasteiger partial charge in [-0.05, 0) is 24.6 Å². The number of hydrogen-bond donors (Lipinski definition) is 1. The van der Waals surface area contributed by atoms with E-state index in [1.54, 1.807) is 12.1 Å². The Morgan fingerprint density at radius 2 is 1.95 bits per heavy atom. The normalized spacial score (nSPS) is 16.4. The van der Waals surface area contributed by atoms with Gasteiger partial charge in [0.2, 0.25) is 0 Å². The number of hydrogen-bond acceptors (Lipinski definition) is 3. The maximum atomic E-state index is 12.0. The van der Waals surface area contributed by atoms with E-state index in [1.807, 2.05) is 6.07 Å². The average molecular weight is 277 g/mol. The number of carbonyl (C=O) groups excluding carboxylic acids is 1. The molecule has 0 radical (unpaired) electrons. The fourth-order valence-electron chi connectivity index (χ4n) is 1.95. The highest BCUT2D eigenvalue weighted by molar-refractivity contribution is 5.94. The molecule has 0 aromatic heterocycles. The van der Waals surface area contributed by atoms with Gasteiger partial charge in [0.05, 0.1) is 13.2 Å². The number of carbonyl (C=O) groups is 1. The average Bonchev–Trinajstić information content (AvgIpc) is 2.58. The number of rotatable bonds is 4. The summed E-state index contributed by atoms with van der Waals surface area (Å²) in [7, 11) is 0. The lowest BCUT2D eigenvalue weighted by molar-refractivity contribution is 0.0952. The Balaban J connectivity index is 2.08. The first-order valence-electron chi connectivity index (χ1n) is 7.20. The smallest absolute Gasteiger partial charge is 0.251 e. The van der Waals surface area contributed by atoms with E-state index in [9.17, 15) is 4.79 Å². The van der Waals surface area contributed by atoms with Crippen LogP contribution in [0, 0.1) is 5.41 Å². The molecule has 0 fully saturated rings. The molecule has 0 saturated carbocycles. The molecule has 1 N–H and O–H groups in total. The van der Waals surface area contributed by atoms with Gasteiger partial charge in [0, 0.05) is 17.5 Å². The van der Waals surface area contributed by atoms with E-state index in [4.69, 9.17) is 9.47 Å². The third-order valence-corrected chi connectivity index (χ3v) is 3.26. The molecular formula is C16H23NO3. The molecule has 0 aliphatic carbocycles. The van der Waals surface area contributed by atoms with Crippen LogP contribution in [0.1, 0.15) is 44.0 Å². The molecule has 1 aliphatic heterocycles. The third-order valence-electron chi connectivity index (χ3n) is 3.26. The van der Waals surface area contributed by atoms with Crippen LogP contribution in [0.2, 0.25) is 0 Å².